The average molecular weight is 311 g/mol. The zero-order valence-corrected chi connectivity index (χ0v) is 12.5. The highest BCUT2D eigenvalue weighted by Gasteiger charge is 2.15. The van der Waals surface area contributed by atoms with Gasteiger partial charge in [0.25, 0.3) is 0 Å². The van der Waals surface area contributed by atoms with Crippen LogP contribution in [0, 0.1) is 0 Å². The molecule has 1 aromatic carbocycles. The van der Waals surface area contributed by atoms with E-state index >= 15 is 0 Å². The van der Waals surface area contributed by atoms with Gasteiger partial charge in [0, 0.05) is 5.56 Å². The molecule has 0 amide bonds. The Morgan fingerprint density at radius 2 is 2.00 bits per heavy atom. The van der Waals surface area contributed by atoms with Gasteiger partial charge in [-0.1, -0.05) is 35.9 Å². The van der Waals surface area contributed by atoms with Crippen molar-refractivity contribution in [1.82, 2.24) is 0 Å². The number of alkyl halides is 1. The number of halogens is 1. The molecule has 0 radical (unpaired) electrons. The van der Waals surface area contributed by atoms with Crippen molar-refractivity contribution in [3.63, 3.8) is 0 Å². The second kappa shape index (κ2) is 7.37. The molecule has 0 saturated heterocycles. The molecule has 18 heavy (non-hydrogen) atoms. The lowest BCUT2D eigenvalue weighted by molar-refractivity contribution is 0.0988. The van der Waals surface area contributed by atoms with E-state index < -0.39 is 0 Å². The van der Waals surface area contributed by atoms with Gasteiger partial charge in [-0.25, -0.2) is 0 Å². The Kier molecular flexibility index (Phi) is 6.13. The van der Waals surface area contributed by atoms with Crippen LogP contribution in [0.2, 0.25) is 0 Å². The third-order valence-electron chi connectivity index (χ3n) is 2.45. The molecular formula is C15H19BrO2. The molecule has 0 heterocycles. The summed E-state index contributed by atoms with van der Waals surface area (Å²) in [5, 5.41) is 0. The largest absolute Gasteiger partial charge is 0.489 e. The predicted octanol–water partition coefficient (Wildman–Crippen LogP) is 4.39. The van der Waals surface area contributed by atoms with Gasteiger partial charge >= 0.3 is 0 Å². The number of hydrogen-bond acceptors (Lipinski definition) is 2. The van der Waals surface area contributed by atoms with Crippen LogP contribution in [0.1, 0.15) is 37.0 Å². The van der Waals surface area contributed by atoms with Crippen molar-refractivity contribution in [1.29, 1.82) is 0 Å². The Morgan fingerprint density at radius 1 is 1.39 bits per heavy atom. The highest BCUT2D eigenvalue weighted by atomic mass is 79.9. The van der Waals surface area contributed by atoms with Crippen molar-refractivity contribution in [2.24, 2.45) is 0 Å². The first-order valence-corrected chi connectivity index (χ1v) is 7.01. The Balaban J connectivity index is 2.64. The van der Waals surface area contributed by atoms with Crippen molar-refractivity contribution in [3.8, 4) is 5.75 Å². The van der Waals surface area contributed by atoms with Gasteiger partial charge in [0.05, 0.1) is 4.83 Å². The molecule has 0 fully saturated rings. The molecule has 0 aliphatic rings. The number of carbonyl (C=O) groups is 1. The monoisotopic (exact) mass is 310 g/mol. The average Bonchev–Trinajstić information content (AvgIpc) is 2.36. The van der Waals surface area contributed by atoms with Crippen molar-refractivity contribution in [2.45, 2.75) is 31.5 Å². The van der Waals surface area contributed by atoms with E-state index in [1.165, 1.54) is 0 Å². The van der Waals surface area contributed by atoms with Crippen molar-refractivity contribution in [2.75, 3.05) is 6.61 Å². The zero-order valence-electron chi connectivity index (χ0n) is 10.9. The second-order valence-corrected chi connectivity index (χ2v) is 5.50. The van der Waals surface area contributed by atoms with E-state index in [1.807, 2.05) is 19.1 Å². The number of ether oxygens (including phenoxy) is 1. The molecule has 98 valence electrons. The van der Waals surface area contributed by atoms with Crippen LogP contribution in [0.15, 0.2) is 36.4 Å². The van der Waals surface area contributed by atoms with Gasteiger partial charge in [-0.05, 0) is 43.2 Å². The SMILES string of the molecule is C=C(C)COc1ccc(C(=O)C(Br)CCC)cc1. The third-order valence-corrected chi connectivity index (χ3v) is 3.32. The number of Topliss-reactive ketones (excluding diaryl/α,β-unsaturated/α-hetero) is 1. The van der Waals surface area contributed by atoms with Gasteiger partial charge in [0.15, 0.2) is 5.78 Å². The lowest BCUT2D eigenvalue weighted by Crippen LogP contribution is -2.13. The first-order chi connectivity index (χ1) is 8.54. The van der Waals surface area contributed by atoms with Gasteiger partial charge in [-0.2, -0.15) is 0 Å². The number of ketones is 1. The van der Waals surface area contributed by atoms with Crippen LogP contribution in [0.3, 0.4) is 0 Å². The Hall–Kier alpha value is -1.09. The summed E-state index contributed by atoms with van der Waals surface area (Å²) < 4.78 is 5.49. The number of carbonyl (C=O) groups excluding carboxylic acids is 1. The fraction of sp³-hybridized carbons (Fsp3) is 0.400. The molecule has 1 aromatic rings. The van der Waals surface area contributed by atoms with E-state index in [0.29, 0.717) is 12.2 Å². The van der Waals surface area contributed by atoms with Gasteiger partial charge in [0.1, 0.15) is 12.4 Å². The fourth-order valence-corrected chi connectivity index (χ4v) is 2.21. The first kappa shape index (κ1) is 15.0. The van der Waals surface area contributed by atoms with E-state index in [-0.39, 0.29) is 10.6 Å². The smallest absolute Gasteiger partial charge is 0.176 e. The van der Waals surface area contributed by atoms with Crippen LogP contribution >= 0.6 is 15.9 Å². The summed E-state index contributed by atoms with van der Waals surface area (Å²) in [6, 6.07) is 7.25. The minimum Gasteiger partial charge on any atom is -0.489 e. The summed E-state index contributed by atoms with van der Waals surface area (Å²) in [5.41, 5.74) is 1.69. The molecule has 0 bridgehead atoms. The Labute approximate surface area is 117 Å². The molecule has 0 saturated carbocycles. The third kappa shape index (κ3) is 4.65. The maximum atomic E-state index is 12.0. The first-order valence-electron chi connectivity index (χ1n) is 6.10. The standard InChI is InChI=1S/C15H19BrO2/c1-4-5-14(16)15(17)12-6-8-13(9-7-12)18-10-11(2)3/h6-9,14H,2,4-5,10H2,1,3H3. The minimum absolute atomic E-state index is 0.0929. The maximum absolute atomic E-state index is 12.0. The Bertz CT molecular complexity index is 409. The van der Waals surface area contributed by atoms with Gasteiger partial charge < -0.3 is 4.74 Å². The molecule has 0 aliphatic heterocycles. The summed E-state index contributed by atoms with van der Waals surface area (Å²) in [6.45, 7) is 8.26. The predicted molar refractivity (Wildman–Crippen MR) is 78.7 cm³/mol. The number of hydrogen-bond donors (Lipinski definition) is 0. The van der Waals surface area contributed by atoms with E-state index in [2.05, 4.69) is 29.4 Å². The van der Waals surface area contributed by atoms with E-state index in [1.54, 1.807) is 12.1 Å². The molecule has 3 heteroatoms. The summed E-state index contributed by atoms with van der Waals surface area (Å²) >= 11 is 3.42. The highest BCUT2D eigenvalue weighted by molar-refractivity contribution is 9.10. The molecular weight excluding hydrogens is 292 g/mol. The van der Waals surface area contributed by atoms with Crippen LogP contribution in [0.5, 0.6) is 5.75 Å². The normalized spacial score (nSPS) is 11.9. The quantitative estimate of drug-likeness (QED) is 0.424. The summed E-state index contributed by atoms with van der Waals surface area (Å²) in [7, 11) is 0. The summed E-state index contributed by atoms with van der Waals surface area (Å²) in [6.07, 6.45) is 1.84. The van der Waals surface area contributed by atoms with E-state index in [9.17, 15) is 4.79 Å². The highest BCUT2D eigenvalue weighted by Crippen LogP contribution is 2.18. The second-order valence-electron chi connectivity index (χ2n) is 4.39. The van der Waals surface area contributed by atoms with Crippen molar-refractivity contribution in [3.05, 3.63) is 42.0 Å². The van der Waals surface area contributed by atoms with Crippen LogP contribution in [0.25, 0.3) is 0 Å². The molecule has 0 aliphatic carbocycles. The molecule has 1 unspecified atom stereocenters. The van der Waals surface area contributed by atoms with Gasteiger partial charge in [0.2, 0.25) is 0 Å². The van der Waals surface area contributed by atoms with Crippen LogP contribution < -0.4 is 4.74 Å². The molecule has 2 nitrogen and oxygen atoms in total. The number of rotatable bonds is 7. The zero-order chi connectivity index (χ0) is 13.5. The minimum atomic E-state index is -0.0929. The van der Waals surface area contributed by atoms with Crippen molar-refractivity contribution >= 4 is 21.7 Å². The van der Waals surface area contributed by atoms with Crippen molar-refractivity contribution < 1.29 is 9.53 Å². The van der Waals surface area contributed by atoms with Crippen LogP contribution in [-0.4, -0.2) is 17.2 Å². The lowest BCUT2D eigenvalue weighted by atomic mass is 10.1. The topological polar surface area (TPSA) is 26.3 Å². The molecule has 0 aromatic heterocycles. The number of benzene rings is 1. The summed E-state index contributed by atoms with van der Waals surface area (Å²) in [4.78, 5) is 11.9. The van der Waals surface area contributed by atoms with Crippen LogP contribution in [0.4, 0.5) is 0 Å². The molecule has 1 rings (SSSR count). The van der Waals surface area contributed by atoms with Crippen LogP contribution in [-0.2, 0) is 0 Å². The van der Waals surface area contributed by atoms with Gasteiger partial charge in [-0.15, -0.1) is 0 Å². The van der Waals surface area contributed by atoms with Gasteiger partial charge in [-0.3, -0.25) is 4.79 Å². The van der Waals surface area contributed by atoms with E-state index in [4.69, 9.17) is 4.74 Å². The molecule has 1 atom stereocenters. The lowest BCUT2D eigenvalue weighted by Gasteiger charge is -2.09. The fourth-order valence-electron chi connectivity index (χ4n) is 1.49. The van der Waals surface area contributed by atoms with E-state index in [0.717, 1.165) is 24.2 Å². The molecule has 0 spiro atoms. The molecule has 0 N–H and O–H groups in total. The Morgan fingerprint density at radius 3 is 2.50 bits per heavy atom. The summed E-state index contributed by atoms with van der Waals surface area (Å²) in [5.74, 6) is 0.888. The maximum Gasteiger partial charge on any atom is 0.176 e.